The zero-order valence-electron chi connectivity index (χ0n) is 13.5. The Morgan fingerprint density at radius 3 is 2.04 bits per heavy atom. The Bertz CT molecular complexity index is 862. The fourth-order valence-electron chi connectivity index (χ4n) is 2.22. The molecule has 1 heterocycles. The Morgan fingerprint density at radius 1 is 0.833 bits per heavy atom. The summed E-state index contributed by atoms with van der Waals surface area (Å²) in [5.74, 6) is 0.675. The zero-order chi connectivity index (χ0) is 17.1. The van der Waals surface area contributed by atoms with E-state index in [2.05, 4.69) is 27.5 Å². The van der Waals surface area contributed by atoms with Crippen molar-refractivity contribution >= 4 is 28.7 Å². The molecule has 6 heteroatoms. The Morgan fingerprint density at radius 2 is 1.42 bits per heavy atom. The third-order valence-corrected chi connectivity index (χ3v) is 3.76. The van der Waals surface area contributed by atoms with Gasteiger partial charge in [-0.15, -0.1) is 0 Å². The number of halogens is 1. The molecule has 0 amide bonds. The first-order valence-electron chi connectivity index (χ1n) is 7.50. The molecular weight excluding hydrogens is 305 g/mol. The summed E-state index contributed by atoms with van der Waals surface area (Å²) >= 11 is 0. The lowest BCUT2D eigenvalue weighted by molar-refractivity contribution is 0.628. The average Bonchev–Trinajstić information content (AvgIpc) is 2.57. The van der Waals surface area contributed by atoms with Crippen LogP contribution in [0.1, 0.15) is 11.1 Å². The molecule has 0 fully saturated rings. The van der Waals surface area contributed by atoms with Crippen LogP contribution in [0, 0.1) is 19.7 Å². The summed E-state index contributed by atoms with van der Waals surface area (Å²) in [4.78, 5) is 8.34. The van der Waals surface area contributed by atoms with Gasteiger partial charge in [-0.3, -0.25) is 0 Å². The van der Waals surface area contributed by atoms with Crippen molar-refractivity contribution in [3.05, 3.63) is 65.7 Å². The third-order valence-electron chi connectivity index (χ3n) is 3.76. The Labute approximate surface area is 139 Å². The molecule has 0 radical (unpaired) electrons. The maximum absolute atomic E-state index is 13.0. The maximum atomic E-state index is 13.0. The molecule has 0 saturated carbocycles. The summed E-state index contributed by atoms with van der Waals surface area (Å²) in [7, 11) is 0. The van der Waals surface area contributed by atoms with Gasteiger partial charge in [0.1, 0.15) is 17.8 Å². The minimum Gasteiger partial charge on any atom is -0.393 e. The fraction of sp³-hybridized carbons (Fsp3) is 0.111. The van der Waals surface area contributed by atoms with Crippen molar-refractivity contribution in [1.82, 2.24) is 9.97 Å². The first-order valence-corrected chi connectivity index (χ1v) is 7.50. The van der Waals surface area contributed by atoms with Gasteiger partial charge in [-0.2, -0.15) is 0 Å². The van der Waals surface area contributed by atoms with Crippen molar-refractivity contribution in [3.8, 4) is 0 Å². The number of aryl methyl sites for hydroxylation is 2. The molecule has 0 unspecified atom stereocenters. The number of nitrogen functional groups attached to an aromatic ring is 1. The molecule has 0 aliphatic rings. The molecule has 3 aromatic rings. The fourth-order valence-corrected chi connectivity index (χ4v) is 2.22. The van der Waals surface area contributed by atoms with Crippen LogP contribution in [0.3, 0.4) is 0 Å². The monoisotopic (exact) mass is 323 g/mol. The van der Waals surface area contributed by atoms with Crippen molar-refractivity contribution in [2.75, 3.05) is 16.4 Å². The number of anilines is 5. The highest BCUT2D eigenvalue weighted by Crippen LogP contribution is 2.28. The topological polar surface area (TPSA) is 75.9 Å². The molecule has 24 heavy (non-hydrogen) atoms. The first kappa shape index (κ1) is 15.7. The van der Waals surface area contributed by atoms with Crippen molar-refractivity contribution in [2.24, 2.45) is 0 Å². The van der Waals surface area contributed by atoms with E-state index in [9.17, 15) is 4.39 Å². The summed E-state index contributed by atoms with van der Waals surface area (Å²) in [6.45, 7) is 4.11. The van der Waals surface area contributed by atoms with Gasteiger partial charge in [-0.05, 0) is 61.4 Å². The van der Waals surface area contributed by atoms with E-state index in [1.54, 1.807) is 12.1 Å². The van der Waals surface area contributed by atoms with E-state index >= 15 is 0 Å². The SMILES string of the molecule is Cc1ccc(Nc2ncnc(Nc3ccc(F)cc3)c2N)cc1C. The number of hydrogen-bond acceptors (Lipinski definition) is 5. The van der Waals surface area contributed by atoms with Gasteiger partial charge in [-0.1, -0.05) is 6.07 Å². The van der Waals surface area contributed by atoms with Crippen molar-refractivity contribution in [3.63, 3.8) is 0 Å². The van der Waals surface area contributed by atoms with Gasteiger partial charge in [0.05, 0.1) is 0 Å². The number of hydrogen-bond donors (Lipinski definition) is 3. The van der Waals surface area contributed by atoms with Gasteiger partial charge in [0.15, 0.2) is 11.6 Å². The molecule has 0 aliphatic carbocycles. The van der Waals surface area contributed by atoms with Crippen LogP contribution in [0.2, 0.25) is 0 Å². The predicted molar refractivity (Wildman–Crippen MR) is 95.3 cm³/mol. The van der Waals surface area contributed by atoms with Gasteiger partial charge < -0.3 is 16.4 Å². The second kappa shape index (κ2) is 6.54. The van der Waals surface area contributed by atoms with E-state index in [1.807, 2.05) is 25.1 Å². The summed E-state index contributed by atoms with van der Waals surface area (Å²) in [6.07, 6.45) is 1.42. The average molecular weight is 323 g/mol. The predicted octanol–water partition coefficient (Wildman–Crippen LogP) is 4.30. The van der Waals surface area contributed by atoms with Gasteiger partial charge in [0, 0.05) is 11.4 Å². The van der Waals surface area contributed by atoms with E-state index in [-0.39, 0.29) is 5.82 Å². The second-order valence-corrected chi connectivity index (χ2v) is 5.54. The van der Waals surface area contributed by atoms with Crippen LogP contribution in [0.15, 0.2) is 48.8 Å². The maximum Gasteiger partial charge on any atom is 0.159 e. The lowest BCUT2D eigenvalue weighted by Crippen LogP contribution is -2.05. The number of nitrogens with zero attached hydrogens (tertiary/aromatic N) is 2. The molecular formula is C18H18FN5. The highest BCUT2D eigenvalue weighted by Gasteiger charge is 2.09. The molecule has 1 aromatic heterocycles. The molecule has 2 aromatic carbocycles. The van der Waals surface area contributed by atoms with Crippen LogP contribution in [0.5, 0.6) is 0 Å². The summed E-state index contributed by atoms with van der Waals surface area (Å²) in [6, 6.07) is 12.0. The van der Waals surface area contributed by atoms with Crippen molar-refractivity contribution in [2.45, 2.75) is 13.8 Å². The van der Waals surface area contributed by atoms with E-state index in [0.29, 0.717) is 23.0 Å². The molecule has 0 aliphatic heterocycles. The van der Waals surface area contributed by atoms with E-state index < -0.39 is 0 Å². The molecule has 0 atom stereocenters. The smallest absolute Gasteiger partial charge is 0.159 e. The Hall–Kier alpha value is -3.15. The molecule has 122 valence electrons. The van der Waals surface area contributed by atoms with Crippen molar-refractivity contribution < 1.29 is 4.39 Å². The highest BCUT2D eigenvalue weighted by atomic mass is 19.1. The van der Waals surface area contributed by atoms with Crippen molar-refractivity contribution in [1.29, 1.82) is 0 Å². The standard InChI is InChI=1S/C18H18FN5/c1-11-3-6-15(9-12(11)2)24-18-16(20)17(21-10-22-18)23-14-7-4-13(19)5-8-14/h3-10H,20H2,1-2H3,(H2,21,22,23,24). The van der Waals surface area contributed by atoms with E-state index in [4.69, 9.17) is 5.73 Å². The number of aromatic nitrogens is 2. The molecule has 0 bridgehead atoms. The molecule has 0 saturated heterocycles. The van der Waals surface area contributed by atoms with Gasteiger partial charge in [0.2, 0.25) is 0 Å². The quantitative estimate of drug-likeness (QED) is 0.667. The summed E-state index contributed by atoms with van der Waals surface area (Å²) in [5, 5.41) is 6.26. The number of benzene rings is 2. The minimum absolute atomic E-state index is 0.298. The minimum atomic E-state index is -0.298. The largest absolute Gasteiger partial charge is 0.393 e. The second-order valence-electron chi connectivity index (χ2n) is 5.54. The Kier molecular flexibility index (Phi) is 4.29. The van der Waals surface area contributed by atoms with E-state index in [1.165, 1.54) is 29.6 Å². The Balaban J connectivity index is 1.84. The zero-order valence-corrected chi connectivity index (χ0v) is 13.5. The number of rotatable bonds is 4. The summed E-state index contributed by atoms with van der Waals surface area (Å²) in [5.41, 5.74) is 10.5. The van der Waals surface area contributed by atoms with Crippen LogP contribution < -0.4 is 16.4 Å². The normalized spacial score (nSPS) is 10.5. The lowest BCUT2D eigenvalue weighted by Gasteiger charge is -2.13. The van der Waals surface area contributed by atoms with Gasteiger partial charge >= 0.3 is 0 Å². The van der Waals surface area contributed by atoms with Crippen LogP contribution in [-0.4, -0.2) is 9.97 Å². The summed E-state index contributed by atoms with van der Waals surface area (Å²) < 4.78 is 13.0. The third kappa shape index (κ3) is 3.43. The molecule has 5 nitrogen and oxygen atoms in total. The molecule has 4 N–H and O–H groups in total. The van der Waals surface area contributed by atoms with Crippen LogP contribution >= 0.6 is 0 Å². The van der Waals surface area contributed by atoms with Gasteiger partial charge in [-0.25, -0.2) is 14.4 Å². The van der Waals surface area contributed by atoms with Gasteiger partial charge in [0.25, 0.3) is 0 Å². The van der Waals surface area contributed by atoms with Crippen LogP contribution in [0.4, 0.5) is 33.1 Å². The lowest BCUT2D eigenvalue weighted by atomic mass is 10.1. The number of nitrogens with one attached hydrogen (secondary N) is 2. The molecule has 0 spiro atoms. The highest BCUT2D eigenvalue weighted by molar-refractivity contribution is 5.80. The number of nitrogens with two attached hydrogens (primary N) is 1. The van der Waals surface area contributed by atoms with Crippen LogP contribution in [-0.2, 0) is 0 Å². The molecule has 3 rings (SSSR count). The first-order chi connectivity index (χ1) is 11.5. The van der Waals surface area contributed by atoms with E-state index in [0.717, 1.165) is 5.69 Å². The van der Waals surface area contributed by atoms with Crippen LogP contribution in [0.25, 0.3) is 0 Å².